The summed E-state index contributed by atoms with van der Waals surface area (Å²) in [6.07, 6.45) is 1.29. The van der Waals surface area contributed by atoms with Crippen LogP contribution < -0.4 is 5.32 Å². The van der Waals surface area contributed by atoms with E-state index in [0.717, 1.165) is 0 Å². The molecule has 12 heavy (non-hydrogen) atoms. The molecule has 1 aromatic carbocycles. The average Bonchev–Trinajstić information content (AvgIpc) is 1.93. The Morgan fingerprint density at radius 2 is 2.00 bits per heavy atom. The first kappa shape index (κ1) is 7.81. The summed E-state index contributed by atoms with van der Waals surface area (Å²) in [4.78, 5) is 0. The molecule has 0 radical (unpaired) electrons. The zero-order chi connectivity index (χ0) is 8.55. The third kappa shape index (κ3) is 1.25. The van der Waals surface area contributed by atoms with Gasteiger partial charge in [0, 0.05) is 6.04 Å². The van der Waals surface area contributed by atoms with Crippen LogP contribution in [0.3, 0.4) is 0 Å². The highest BCUT2D eigenvalue weighted by atomic mass is 15.0. The molecule has 1 heteroatoms. The van der Waals surface area contributed by atoms with Crippen molar-refractivity contribution in [1.29, 1.82) is 0 Å². The maximum Gasteiger partial charge on any atom is 0.0332 e. The Balaban J connectivity index is 2.27. The molecular formula is C11H15N. The van der Waals surface area contributed by atoms with Crippen LogP contribution >= 0.6 is 0 Å². The Labute approximate surface area is 73.8 Å². The maximum atomic E-state index is 3.41. The predicted molar refractivity (Wildman–Crippen MR) is 51.3 cm³/mol. The van der Waals surface area contributed by atoms with Crippen LogP contribution in [-0.4, -0.2) is 6.54 Å². The van der Waals surface area contributed by atoms with Gasteiger partial charge in [0.25, 0.3) is 0 Å². The van der Waals surface area contributed by atoms with Gasteiger partial charge in [-0.1, -0.05) is 18.2 Å². The summed E-state index contributed by atoms with van der Waals surface area (Å²) in [6.45, 7) is 5.52. The minimum absolute atomic E-state index is 0.629. The van der Waals surface area contributed by atoms with Gasteiger partial charge in [-0.15, -0.1) is 0 Å². The topological polar surface area (TPSA) is 12.0 Å². The van der Waals surface area contributed by atoms with Crippen molar-refractivity contribution in [2.24, 2.45) is 0 Å². The Morgan fingerprint density at radius 1 is 1.25 bits per heavy atom. The van der Waals surface area contributed by atoms with Gasteiger partial charge in [0.2, 0.25) is 0 Å². The summed E-state index contributed by atoms with van der Waals surface area (Å²) in [6, 6.07) is 7.38. The van der Waals surface area contributed by atoms with Crippen LogP contribution in [0.5, 0.6) is 0 Å². The lowest BCUT2D eigenvalue weighted by Gasteiger charge is -2.28. The number of hydrogen-bond acceptors (Lipinski definition) is 1. The van der Waals surface area contributed by atoms with Crippen LogP contribution in [0.1, 0.15) is 29.2 Å². The molecular weight excluding hydrogens is 146 g/mol. The summed E-state index contributed by atoms with van der Waals surface area (Å²) in [5.74, 6) is 0. The maximum absolute atomic E-state index is 3.41. The monoisotopic (exact) mass is 161 g/mol. The molecule has 1 fully saturated rings. The molecule has 1 aliphatic rings. The third-order valence-corrected chi connectivity index (χ3v) is 2.76. The molecule has 64 valence electrons. The predicted octanol–water partition coefficient (Wildman–Crippen LogP) is 2.34. The fourth-order valence-electron chi connectivity index (χ4n) is 1.55. The molecule has 0 unspecified atom stereocenters. The van der Waals surface area contributed by atoms with E-state index < -0.39 is 0 Å². The standard InChI is InChI=1S/C11H15N/c1-8-3-4-10(7-9(8)2)11-5-6-12-11/h3-4,7,11-12H,5-6H2,1-2H3/t11-/m1/s1. The minimum Gasteiger partial charge on any atom is -0.310 e. The summed E-state index contributed by atoms with van der Waals surface area (Å²) in [5, 5.41) is 3.41. The van der Waals surface area contributed by atoms with E-state index in [0.29, 0.717) is 6.04 Å². The Bertz CT molecular complexity index is 287. The summed E-state index contributed by atoms with van der Waals surface area (Å²) < 4.78 is 0. The van der Waals surface area contributed by atoms with Crippen LogP contribution in [0.15, 0.2) is 18.2 Å². The Hall–Kier alpha value is -0.820. The fourth-order valence-corrected chi connectivity index (χ4v) is 1.55. The molecule has 0 amide bonds. The number of benzene rings is 1. The normalized spacial score (nSPS) is 22.0. The summed E-state index contributed by atoms with van der Waals surface area (Å²) in [7, 11) is 0. The van der Waals surface area contributed by atoms with Gasteiger partial charge in [0.1, 0.15) is 0 Å². The second-order valence-corrected chi connectivity index (χ2v) is 3.64. The first-order valence-corrected chi connectivity index (χ1v) is 4.58. The summed E-state index contributed by atoms with van der Waals surface area (Å²) in [5.41, 5.74) is 4.24. The molecule has 0 spiro atoms. The largest absolute Gasteiger partial charge is 0.310 e. The van der Waals surface area contributed by atoms with Crippen LogP contribution in [0.2, 0.25) is 0 Å². The Kier molecular flexibility index (Phi) is 1.89. The lowest BCUT2D eigenvalue weighted by atomic mass is 9.95. The number of hydrogen-bond donors (Lipinski definition) is 1. The highest BCUT2D eigenvalue weighted by Gasteiger charge is 2.17. The molecule has 1 saturated heterocycles. The second kappa shape index (κ2) is 2.91. The minimum atomic E-state index is 0.629. The molecule has 0 saturated carbocycles. The van der Waals surface area contributed by atoms with E-state index in [1.54, 1.807) is 0 Å². The van der Waals surface area contributed by atoms with E-state index in [1.165, 1.54) is 29.7 Å². The molecule has 0 aliphatic carbocycles. The van der Waals surface area contributed by atoms with Gasteiger partial charge in [-0.3, -0.25) is 0 Å². The molecule has 1 atom stereocenters. The van der Waals surface area contributed by atoms with Crippen molar-refractivity contribution in [2.45, 2.75) is 26.3 Å². The molecule has 1 heterocycles. The van der Waals surface area contributed by atoms with Crippen LogP contribution in [0.4, 0.5) is 0 Å². The van der Waals surface area contributed by atoms with Gasteiger partial charge in [0.05, 0.1) is 0 Å². The van der Waals surface area contributed by atoms with Gasteiger partial charge >= 0.3 is 0 Å². The van der Waals surface area contributed by atoms with Crippen LogP contribution in [0, 0.1) is 13.8 Å². The molecule has 2 rings (SSSR count). The van der Waals surface area contributed by atoms with Crippen molar-refractivity contribution >= 4 is 0 Å². The van der Waals surface area contributed by atoms with E-state index in [9.17, 15) is 0 Å². The third-order valence-electron chi connectivity index (χ3n) is 2.76. The van der Waals surface area contributed by atoms with Gasteiger partial charge in [-0.2, -0.15) is 0 Å². The molecule has 1 nitrogen and oxygen atoms in total. The molecule has 0 aromatic heterocycles. The van der Waals surface area contributed by atoms with Gasteiger partial charge < -0.3 is 5.32 Å². The zero-order valence-corrected chi connectivity index (χ0v) is 7.72. The van der Waals surface area contributed by atoms with E-state index >= 15 is 0 Å². The molecule has 1 N–H and O–H groups in total. The SMILES string of the molecule is Cc1ccc([C@H]2CCN2)cc1C. The van der Waals surface area contributed by atoms with Crippen molar-refractivity contribution in [3.05, 3.63) is 34.9 Å². The van der Waals surface area contributed by atoms with Gasteiger partial charge in [0.15, 0.2) is 0 Å². The van der Waals surface area contributed by atoms with Crippen molar-refractivity contribution in [2.75, 3.05) is 6.54 Å². The van der Waals surface area contributed by atoms with Crippen molar-refractivity contribution in [3.8, 4) is 0 Å². The quantitative estimate of drug-likeness (QED) is 0.666. The number of nitrogens with one attached hydrogen (secondary N) is 1. The molecule has 1 aromatic rings. The average molecular weight is 161 g/mol. The van der Waals surface area contributed by atoms with E-state index in [4.69, 9.17) is 0 Å². The highest BCUT2D eigenvalue weighted by Crippen LogP contribution is 2.24. The zero-order valence-electron chi connectivity index (χ0n) is 7.72. The molecule has 1 aliphatic heterocycles. The lowest BCUT2D eigenvalue weighted by molar-refractivity contribution is 0.383. The fraction of sp³-hybridized carbons (Fsp3) is 0.455. The summed E-state index contributed by atoms with van der Waals surface area (Å²) >= 11 is 0. The Morgan fingerprint density at radius 3 is 2.50 bits per heavy atom. The van der Waals surface area contributed by atoms with Gasteiger partial charge in [-0.05, 0) is 43.5 Å². The smallest absolute Gasteiger partial charge is 0.0332 e. The van der Waals surface area contributed by atoms with E-state index in [1.807, 2.05) is 0 Å². The number of aryl methyl sites for hydroxylation is 2. The number of rotatable bonds is 1. The van der Waals surface area contributed by atoms with Crippen molar-refractivity contribution < 1.29 is 0 Å². The van der Waals surface area contributed by atoms with Crippen molar-refractivity contribution in [3.63, 3.8) is 0 Å². The first-order chi connectivity index (χ1) is 5.77. The highest BCUT2D eigenvalue weighted by molar-refractivity contribution is 5.32. The van der Waals surface area contributed by atoms with E-state index in [2.05, 4.69) is 37.4 Å². The van der Waals surface area contributed by atoms with Crippen LogP contribution in [0.25, 0.3) is 0 Å². The van der Waals surface area contributed by atoms with Crippen molar-refractivity contribution in [1.82, 2.24) is 5.32 Å². The second-order valence-electron chi connectivity index (χ2n) is 3.64. The van der Waals surface area contributed by atoms with E-state index in [-0.39, 0.29) is 0 Å². The van der Waals surface area contributed by atoms with Gasteiger partial charge in [-0.25, -0.2) is 0 Å². The molecule has 0 bridgehead atoms. The lowest BCUT2D eigenvalue weighted by Crippen LogP contribution is -2.34. The first-order valence-electron chi connectivity index (χ1n) is 4.58. The van der Waals surface area contributed by atoms with Crippen LogP contribution in [-0.2, 0) is 0 Å².